The number of carbonyl (C=O) groups excluding carboxylic acids is 1. The molecule has 0 radical (unpaired) electrons. The summed E-state index contributed by atoms with van der Waals surface area (Å²) in [6.45, 7) is 6.46. The summed E-state index contributed by atoms with van der Waals surface area (Å²) < 4.78 is 5.78. The molecule has 0 unspecified atom stereocenters. The lowest BCUT2D eigenvalue weighted by molar-refractivity contribution is 0.0706. The third-order valence-electron chi connectivity index (χ3n) is 4.95. The van der Waals surface area contributed by atoms with Crippen LogP contribution in [0, 0.1) is 5.92 Å². The second kappa shape index (κ2) is 8.15. The summed E-state index contributed by atoms with van der Waals surface area (Å²) >= 11 is 0. The van der Waals surface area contributed by atoms with Crippen LogP contribution in [0.1, 0.15) is 48.3 Å². The van der Waals surface area contributed by atoms with Crippen LogP contribution < -0.4 is 4.74 Å². The van der Waals surface area contributed by atoms with E-state index in [1.807, 2.05) is 41.3 Å². The van der Waals surface area contributed by atoms with Gasteiger partial charge in [0, 0.05) is 25.6 Å². The highest BCUT2D eigenvalue weighted by Gasteiger charge is 2.26. The van der Waals surface area contributed by atoms with Gasteiger partial charge in [0.1, 0.15) is 6.61 Å². The summed E-state index contributed by atoms with van der Waals surface area (Å²) in [5, 5.41) is 0. The molecule has 0 aliphatic carbocycles. The highest BCUT2D eigenvalue weighted by Crippen LogP contribution is 2.23. The van der Waals surface area contributed by atoms with Gasteiger partial charge in [0.05, 0.1) is 11.3 Å². The molecule has 2 heterocycles. The molecule has 4 nitrogen and oxygen atoms in total. The summed E-state index contributed by atoms with van der Waals surface area (Å²) in [5.74, 6) is 1.27. The topological polar surface area (TPSA) is 42.4 Å². The third kappa shape index (κ3) is 4.19. The minimum absolute atomic E-state index is 0.107. The molecule has 0 N–H and O–H groups in total. The van der Waals surface area contributed by atoms with E-state index in [2.05, 4.69) is 18.8 Å². The first-order valence-electron chi connectivity index (χ1n) is 9.17. The van der Waals surface area contributed by atoms with Gasteiger partial charge in [-0.1, -0.05) is 57.0 Å². The molecule has 0 bridgehead atoms. The second-order valence-electron chi connectivity index (χ2n) is 6.60. The Balaban J connectivity index is 1.67. The molecule has 4 heteroatoms. The number of hydrogen-bond acceptors (Lipinski definition) is 3. The first kappa shape index (κ1) is 17.5. The molecule has 1 aliphatic heterocycles. The van der Waals surface area contributed by atoms with Crippen molar-refractivity contribution in [3.8, 4) is 5.88 Å². The molecule has 1 aliphatic rings. The molecule has 0 fully saturated rings. The molecule has 132 valence electrons. The van der Waals surface area contributed by atoms with Gasteiger partial charge in [0.25, 0.3) is 5.91 Å². The van der Waals surface area contributed by atoms with Crippen molar-refractivity contribution < 1.29 is 9.53 Å². The average molecular weight is 338 g/mol. The number of fused-ring (bicyclic) bond motifs is 1. The van der Waals surface area contributed by atoms with Gasteiger partial charge < -0.3 is 9.64 Å². The number of ether oxygens (including phenoxy) is 1. The fourth-order valence-electron chi connectivity index (χ4n) is 3.22. The summed E-state index contributed by atoms with van der Waals surface area (Å²) in [6.07, 6.45) is 3.01. The van der Waals surface area contributed by atoms with Gasteiger partial charge in [-0.15, -0.1) is 0 Å². The van der Waals surface area contributed by atoms with Crippen molar-refractivity contribution in [2.24, 2.45) is 5.92 Å². The number of carbonyl (C=O) groups is 1. The Morgan fingerprint density at radius 2 is 1.88 bits per heavy atom. The van der Waals surface area contributed by atoms with E-state index in [9.17, 15) is 4.79 Å². The minimum atomic E-state index is 0.107. The lowest BCUT2D eigenvalue weighted by Gasteiger charge is -2.31. The number of benzene rings is 1. The van der Waals surface area contributed by atoms with Crippen LogP contribution >= 0.6 is 0 Å². The van der Waals surface area contributed by atoms with Crippen molar-refractivity contribution in [2.75, 3.05) is 13.1 Å². The highest BCUT2D eigenvalue weighted by atomic mass is 16.5. The molecule has 1 amide bonds. The Labute approximate surface area is 149 Å². The maximum Gasteiger partial charge on any atom is 0.255 e. The zero-order valence-corrected chi connectivity index (χ0v) is 15.1. The van der Waals surface area contributed by atoms with Crippen LogP contribution in [-0.2, 0) is 13.0 Å². The van der Waals surface area contributed by atoms with E-state index in [4.69, 9.17) is 4.74 Å². The zero-order chi connectivity index (χ0) is 17.6. The number of amides is 1. The van der Waals surface area contributed by atoms with Gasteiger partial charge in [-0.05, 0) is 17.5 Å². The molecule has 1 aromatic carbocycles. The first-order valence-corrected chi connectivity index (χ1v) is 9.17. The van der Waals surface area contributed by atoms with Gasteiger partial charge >= 0.3 is 0 Å². The molecule has 25 heavy (non-hydrogen) atoms. The molecule has 2 aromatic rings. The maximum atomic E-state index is 12.7. The lowest BCUT2D eigenvalue weighted by atomic mass is 9.99. The number of pyridine rings is 1. The maximum absolute atomic E-state index is 12.7. The van der Waals surface area contributed by atoms with E-state index in [0.29, 0.717) is 18.4 Å². The van der Waals surface area contributed by atoms with Crippen LogP contribution in [0.2, 0.25) is 0 Å². The normalized spacial score (nSPS) is 13.9. The Kier molecular flexibility index (Phi) is 5.69. The minimum Gasteiger partial charge on any atom is -0.473 e. The number of hydrogen-bond donors (Lipinski definition) is 0. The second-order valence-corrected chi connectivity index (χ2v) is 6.60. The summed E-state index contributed by atoms with van der Waals surface area (Å²) in [5.41, 5.74) is 2.69. The smallest absolute Gasteiger partial charge is 0.255 e. The zero-order valence-electron chi connectivity index (χ0n) is 15.1. The van der Waals surface area contributed by atoms with Gasteiger partial charge in [-0.3, -0.25) is 4.79 Å². The quantitative estimate of drug-likeness (QED) is 0.763. The predicted molar refractivity (Wildman–Crippen MR) is 98.7 cm³/mol. The van der Waals surface area contributed by atoms with E-state index < -0.39 is 0 Å². The van der Waals surface area contributed by atoms with Crippen LogP contribution in [0.5, 0.6) is 5.88 Å². The standard InChI is InChI=1S/C21H26N2O2/c1-3-16(4-2)14-23-13-12-19-18(21(23)24)10-11-20(22-19)25-15-17-8-6-5-7-9-17/h5-11,16H,3-4,12-15H2,1-2H3. The van der Waals surface area contributed by atoms with Crippen molar-refractivity contribution in [3.05, 3.63) is 59.3 Å². The largest absolute Gasteiger partial charge is 0.473 e. The number of aromatic nitrogens is 1. The lowest BCUT2D eigenvalue weighted by Crippen LogP contribution is -2.40. The first-order chi connectivity index (χ1) is 12.2. The fourth-order valence-corrected chi connectivity index (χ4v) is 3.22. The summed E-state index contributed by atoms with van der Waals surface area (Å²) in [6, 6.07) is 13.7. The van der Waals surface area contributed by atoms with Gasteiger partial charge in [-0.2, -0.15) is 0 Å². The van der Waals surface area contributed by atoms with E-state index >= 15 is 0 Å². The molecule has 0 spiro atoms. The Morgan fingerprint density at radius 3 is 2.60 bits per heavy atom. The summed E-state index contributed by atoms with van der Waals surface area (Å²) in [4.78, 5) is 19.3. The monoisotopic (exact) mass is 338 g/mol. The molecular formula is C21H26N2O2. The van der Waals surface area contributed by atoms with Gasteiger partial charge in [0.2, 0.25) is 5.88 Å². The van der Waals surface area contributed by atoms with Crippen LogP contribution in [-0.4, -0.2) is 28.9 Å². The van der Waals surface area contributed by atoms with Crippen molar-refractivity contribution in [1.82, 2.24) is 9.88 Å². The van der Waals surface area contributed by atoms with Crippen molar-refractivity contribution in [2.45, 2.75) is 39.7 Å². The number of nitrogens with zero attached hydrogens (tertiary/aromatic N) is 2. The van der Waals surface area contributed by atoms with Crippen molar-refractivity contribution >= 4 is 5.91 Å². The molecule has 0 saturated heterocycles. The SMILES string of the molecule is CCC(CC)CN1CCc2nc(OCc3ccccc3)ccc2C1=O. The van der Waals surface area contributed by atoms with E-state index in [-0.39, 0.29) is 5.91 Å². The highest BCUT2D eigenvalue weighted by molar-refractivity contribution is 5.96. The molecule has 0 saturated carbocycles. The number of rotatable bonds is 7. The van der Waals surface area contributed by atoms with Crippen LogP contribution in [0.4, 0.5) is 0 Å². The van der Waals surface area contributed by atoms with Gasteiger partial charge in [0.15, 0.2) is 0 Å². The van der Waals surface area contributed by atoms with Crippen molar-refractivity contribution in [1.29, 1.82) is 0 Å². The van der Waals surface area contributed by atoms with Crippen LogP contribution in [0.15, 0.2) is 42.5 Å². The van der Waals surface area contributed by atoms with E-state index in [0.717, 1.165) is 49.2 Å². The van der Waals surface area contributed by atoms with E-state index in [1.165, 1.54) is 0 Å². The summed E-state index contributed by atoms with van der Waals surface area (Å²) in [7, 11) is 0. The van der Waals surface area contributed by atoms with Crippen LogP contribution in [0.3, 0.4) is 0 Å². The molecule has 3 rings (SSSR count). The van der Waals surface area contributed by atoms with Gasteiger partial charge in [-0.25, -0.2) is 4.98 Å². The Hall–Kier alpha value is -2.36. The Bertz CT molecular complexity index is 711. The Morgan fingerprint density at radius 1 is 1.12 bits per heavy atom. The fraction of sp³-hybridized carbons (Fsp3) is 0.429. The molecule has 0 atom stereocenters. The molecule has 1 aromatic heterocycles. The molecular weight excluding hydrogens is 312 g/mol. The van der Waals surface area contributed by atoms with Crippen LogP contribution in [0.25, 0.3) is 0 Å². The average Bonchev–Trinajstić information content (AvgIpc) is 2.67. The third-order valence-corrected chi connectivity index (χ3v) is 4.95. The predicted octanol–water partition coefficient (Wildman–Crippen LogP) is 4.10. The van der Waals surface area contributed by atoms with Crippen molar-refractivity contribution in [3.63, 3.8) is 0 Å². The van der Waals surface area contributed by atoms with E-state index in [1.54, 1.807) is 6.07 Å².